The van der Waals surface area contributed by atoms with Gasteiger partial charge in [0.05, 0.1) is 0 Å². The Kier molecular flexibility index (Phi) is 5.55. The smallest absolute Gasteiger partial charge is 0.0244 e. The maximum Gasteiger partial charge on any atom is 0.0244 e. The maximum absolute atomic E-state index is 3.67. The number of benzene rings is 2. The van der Waals surface area contributed by atoms with Crippen LogP contribution in [-0.2, 0) is 11.5 Å². The lowest BCUT2D eigenvalue weighted by atomic mass is 10.2. The average Bonchev–Trinajstić information content (AvgIpc) is 2.39. The Morgan fingerprint density at radius 2 is 1.21 bits per heavy atom. The number of hydrogen-bond acceptors (Lipinski definition) is 1. The topological polar surface area (TPSA) is 0 Å². The highest BCUT2D eigenvalue weighted by Crippen LogP contribution is 2.29. The van der Waals surface area contributed by atoms with Gasteiger partial charge < -0.3 is 0 Å². The molecule has 0 bridgehead atoms. The third-order valence-electron chi connectivity index (χ3n) is 3.06. The summed E-state index contributed by atoms with van der Waals surface area (Å²) < 4.78 is 2.48. The van der Waals surface area contributed by atoms with Crippen LogP contribution in [0.2, 0.25) is 0 Å². The van der Waals surface area contributed by atoms with Gasteiger partial charge in [-0.25, -0.2) is 0 Å². The summed E-state index contributed by atoms with van der Waals surface area (Å²) in [5.74, 6) is 2.06. The van der Waals surface area contributed by atoms with Crippen molar-refractivity contribution in [2.45, 2.75) is 25.4 Å². The molecule has 0 N–H and O–H groups in total. The van der Waals surface area contributed by atoms with Crippen molar-refractivity contribution in [1.29, 1.82) is 0 Å². The van der Waals surface area contributed by atoms with Crippen molar-refractivity contribution < 1.29 is 0 Å². The summed E-state index contributed by atoms with van der Waals surface area (Å²) in [7, 11) is 0. The molecular weight excluding hydrogens is 384 g/mol. The maximum atomic E-state index is 3.67. The van der Waals surface area contributed by atoms with Crippen LogP contribution in [0.1, 0.15) is 22.3 Å². The molecular formula is C16H16Br2S. The van der Waals surface area contributed by atoms with Crippen molar-refractivity contribution in [3.63, 3.8) is 0 Å². The van der Waals surface area contributed by atoms with Crippen molar-refractivity contribution in [1.82, 2.24) is 0 Å². The standard InChI is InChI=1S/C16H16Br2S/c1-11-5-3-7-13(15(11)17)9-19-10-14-8-4-6-12(2)16(14)18/h3-8H,9-10H2,1-2H3. The van der Waals surface area contributed by atoms with Crippen molar-refractivity contribution >= 4 is 43.6 Å². The van der Waals surface area contributed by atoms with E-state index in [1.54, 1.807) is 0 Å². The molecule has 0 heterocycles. The van der Waals surface area contributed by atoms with Gasteiger partial charge in [0, 0.05) is 20.5 Å². The SMILES string of the molecule is Cc1cccc(CSCc2cccc(C)c2Br)c1Br. The van der Waals surface area contributed by atoms with E-state index in [1.807, 2.05) is 11.8 Å². The summed E-state index contributed by atoms with van der Waals surface area (Å²) >= 11 is 9.29. The number of aryl methyl sites for hydroxylation is 2. The van der Waals surface area contributed by atoms with Gasteiger partial charge in [0.1, 0.15) is 0 Å². The van der Waals surface area contributed by atoms with Crippen molar-refractivity contribution in [2.75, 3.05) is 0 Å². The zero-order valence-corrected chi connectivity index (χ0v) is 15.0. The zero-order chi connectivity index (χ0) is 13.8. The Balaban J connectivity index is 2.00. The molecule has 0 aromatic heterocycles. The van der Waals surface area contributed by atoms with E-state index in [9.17, 15) is 0 Å². The largest absolute Gasteiger partial charge is 0.152 e. The van der Waals surface area contributed by atoms with E-state index >= 15 is 0 Å². The summed E-state index contributed by atoms with van der Waals surface area (Å²) in [5.41, 5.74) is 5.34. The lowest BCUT2D eigenvalue weighted by Crippen LogP contribution is -1.89. The van der Waals surface area contributed by atoms with Gasteiger partial charge in [-0.2, -0.15) is 11.8 Å². The first-order chi connectivity index (χ1) is 9.09. The Labute approximate surface area is 136 Å². The minimum Gasteiger partial charge on any atom is -0.152 e. The molecule has 2 aromatic carbocycles. The van der Waals surface area contributed by atoms with Crippen LogP contribution in [0.5, 0.6) is 0 Å². The summed E-state index contributed by atoms with van der Waals surface area (Å²) in [5, 5.41) is 0. The van der Waals surface area contributed by atoms with E-state index in [1.165, 1.54) is 31.2 Å². The van der Waals surface area contributed by atoms with Gasteiger partial charge in [-0.15, -0.1) is 0 Å². The minimum atomic E-state index is 1.03. The molecule has 0 fully saturated rings. The predicted molar refractivity (Wildman–Crippen MR) is 92.8 cm³/mol. The molecule has 0 atom stereocenters. The first kappa shape index (κ1) is 15.1. The fraction of sp³-hybridized carbons (Fsp3) is 0.250. The van der Waals surface area contributed by atoms with Crippen molar-refractivity contribution in [2.24, 2.45) is 0 Å². The lowest BCUT2D eigenvalue weighted by molar-refractivity contribution is 1.28. The Morgan fingerprint density at radius 3 is 1.63 bits per heavy atom. The van der Waals surface area contributed by atoms with Gasteiger partial charge in [-0.1, -0.05) is 68.3 Å². The Bertz CT molecular complexity index is 527. The van der Waals surface area contributed by atoms with E-state index in [0.29, 0.717) is 0 Å². The van der Waals surface area contributed by atoms with Crippen LogP contribution in [0.15, 0.2) is 45.3 Å². The normalized spacial score (nSPS) is 10.7. The monoisotopic (exact) mass is 398 g/mol. The van der Waals surface area contributed by atoms with Crippen molar-refractivity contribution in [3.05, 3.63) is 67.6 Å². The van der Waals surface area contributed by atoms with E-state index in [0.717, 1.165) is 11.5 Å². The van der Waals surface area contributed by atoms with Crippen LogP contribution in [0.25, 0.3) is 0 Å². The van der Waals surface area contributed by atoms with E-state index in [4.69, 9.17) is 0 Å². The molecule has 0 radical (unpaired) electrons. The number of hydrogen-bond donors (Lipinski definition) is 0. The molecule has 2 rings (SSSR count). The van der Waals surface area contributed by atoms with E-state index in [-0.39, 0.29) is 0 Å². The number of halogens is 2. The van der Waals surface area contributed by atoms with Gasteiger partial charge in [0.2, 0.25) is 0 Å². The molecule has 0 unspecified atom stereocenters. The van der Waals surface area contributed by atoms with E-state index in [2.05, 4.69) is 82.1 Å². The molecule has 0 aliphatic rings. The van der Waals surface area contributed by atoms with Crippen LogP contribution in [-0.4, -0.2) is 0 Å². The van der Waals surface area contributed by atoms with E-state index < -0.39 is 0 Å². The zero-order valence-electron chi connectivity index (χ0n) is 11.0. The first-order valence-electron chi connectivity index (χ1n) is 6.15. The first-order valence-corrected chi connectivity index (χ1v) is 8.89. The second kappa shape index (κ2) is 6.96. The van der Waals surface area contributed by atoms with Crippen LogP contribution < -0.4 is 0 Å². The predicted octanol–water partition coefficient (Wildman–Crippen LogP) is 6.26. The highest BCUT2D eigenvalue weighted by Gasteiger charge is 2.05. The highest BCUT2D eigenvalue weighted by atomic mass is 79.9. The molecule has 0 spiro atoms. The molecule has 100 valence electrons. The van der Waals surface area contributed by atoms with Gasteiger partial charge in [0.25, 0.3) is 0 Å². The number of rotatable bonds is 4. The van der Waals surface area contributed by atoms with Crippen molar-refractivity contribution in [3.8, 4) is 0 Å². The molecule has 0 nitrogen and oxygen atoms in total. The molecule has 19 heavy (non-hydrogen) atoms. The molecule has 0 amide bonds. The summed E-state index contributed by atoms with van der Waals surface area (Å²) in [6.45, 7) is 4.27. The summed E-state index contributed by atoms with van der Waals surface area (Å²) in [4.78, 5) is 0. The third kappa shape index (κ3) is 3.87. The highest BCUT2D eigenvalue weighted by molar-refractivity contribution is 9.10. The fourth-order valence-electron chi connectivity index (χ4n) is 1.91. The van der Waals surface area contributed by atoms with Crippen LogP contribution in [0.4, 0.5) is 0 Å². The fourth-order valence-corrected chi connectivity index (χ4v) is 4.11. The van der Waals surface area contributed by atoms with Gasteiger partial charge in [0.15, 0.2) is 0 Å². The average molecular weight is 400 g/mol. The Morgan fingerprint density at radius 1 is 0.789 bits per heavy atom. The Hall–Kier alpha value is -0.250. The molecule has 3 heteroatoms. The van der Waals surface area contributed by atoms with Crippen LogP contribution in [0.3, 0.4) is 0 Å². The second-order valence-corrected chi connectivity index (χ2v) is 7.16. The quantitative estimate of drug-likeness (QED) is 0.584. The van der Waals surface area contributed by atoms with Crippen LogP contribution in [0, 0.1) is 13.8 Å². The van der Waals surface area contributed by atoms with Gasteiger partial charge in [-0.3, -0.25) is 0 Å². The molecule has 2 aromatic rings. The second-order valence-electron chi connectivity index (χ2n) is 4.59. The minimum absolute atomic E-state index is 1.03. The molecule has 0 saturated heterocycles. The molecule has 0 aliphatic heterocycles. The molecule has 0 aliphatic carbocycles. The lowest BCUT2D eigenvalue weighted by Gasteiger charge is -2.09. The third-order valence-corrected chi connectivity index (χ3v) is 6.36. The van der Waals surface area contributed by atoms with Crippen LogP contribution >= 0.6 is 43.6 Å². The summed E-state index contributed by atoms with van der Waals surface area (Å²) in [6, 6.07) is 12.9. The van der Waals surface area contributed by atoms with Gasteiger partial charge in [-0.05, 0) is 36.1 Å². The molecule has 0 saturated carbocycles. The number of thioether (sulfide) groups is 1. The summed E-state index contributed by atoms with van der Waals surface area (Å²) in [6.07, 6.45) is 0. The van der Waals surface area contributed by atoms with Gasteiger partial charge >= 0.3 is 0 Å².